The van der Waals surface area contributed by atoms with E-state index in [9.17, 15) is 14.9 Å². The minimum absolute atomic E-state index is 0.0530. The second kappa shape index (κ2) is 6.71. The van der Waals surface area contributed by atoms with Crippen LogP contribution in [0.25, 0.3) is 5.52 Å². The zero-order valence-corrected chi connectivity index (χ0v) is 13.6. The number of aromatic nitrogens is 2. The molecule has 2 aromatic heterocycles. The molecular weight excluding hydrogens is 328 g/mol. The molecule has 0 unspecified atom stereocenters. The highest BCUT2D eigenvalue weighted by Gasteiger charge is 2.12. The third-order valence-corrected chi connectivity index (χ3v) is 4.41. The standard InChI is InChI=1S/C16H14N4O3S/c1-11-5-6-12(20(22)23)8-14(11)18-15(21)10-24-16-17-9-13-4-2-3-7-19(13)16/h2-9H,10H2,1H3,(H,18,21). The molecular formula is C16H14N4O3S. The van der Waals surface area contributed by atoms with Crippen molar-refractivity contribution in [2.45, 2.75) is 12.1 Å². The van der Waals surface area contributed by atoms with Gasteiger partial charge in [-0.15, -0.1) is 0 Å². The van der Waals surface area contributed by atoms with E-state index in [-0.39, 0.29) is 17.3 Å². The lowest BCUT2D eigenvalue weighted by atomic mass is 10.2. The molecule has 0 aliphatic carbocycles. The summed E-state index contributed by atoms with van der Waals surface area (Å²) in [5.41, 5.74) is 2.12. The highest BCUT2D eigenvalue weighted by atomic mass is 32.2. The summed E-state index contributed by atoms with van der Waals surface area (Å²) in [6, 6.07) is 10.1. The lowest BCUT2D eigenvalue weighted by Gasteiger charge is -2.08. The molecule has 24 heavy (non-hydrogen) atoms. The van der Waals surface area contributed by atoms with Crippen molar-refractivity contribution in [3.8, 4) is 0 Å². The molecule has 0 bridgehead atoms. The van der Waals surface area contributed by atoms with Crippen molar-refractivity contribution in [3.05, 3.63) is 64.5 Å². The number of hydrogen-bond acceptors (Lipinski definition) is 5. The van der Waals surface area contributed by atoms with E-state index in [1.54, 1.807) is 19.2 Å². The van der Waals surface area contributed by atoms with E-state index < -0.39 is 4.92 Å². The van der Waals surface area contributed by atoms with Gasteiger partial charge in [-0.3, -0.25) is 19.3 Å². The number of aryl methyl sites for hydroxylation is 1. The third kappa shape index (κ3) is 3.38. The molecule has 1 aromatic carbocycles. The van der Waals surface area contributed by atoms with Crippen molar-refractivity contribution in [1.29, 1.82) is 0 Å². The van der Waals surface area contributed by atoms with Gasteiger partial charge in [0.15, 0.2) is 5.16 Å². The van der Waals surface area contributed by atoms with E-state index in [0.717, 1.165) is 16.2 Å². The second-order valence-corrected chi connectivity index (χ2v) is 6.07. The molecule has 3 rings (SSSR count). The minimum Gasteiger partial charge on any atom is -0.325 e. The lowest BCUT2D eigenvalue weighted by Crippen LogP contribution is -2.15. The van der Waals surface area contributed by atoms with Crippen LogP contribution in [0.1, 0.15) is 5.56 Å². The van der Waals surface area contributed by atoms with Gasteiger partial charge in [-0.25, -0.2) is 4.98 Å². The Morgan fingerprint density at radius 2 is 2.21 bits per heavy atom. The second-order valence-electron chi connectivity index (χ2n) is 5.13. The summed E-state index contributed by atoms with van der Waals surface area (Å²) in [4.78, 5) is 26.8. The van der Waals surface area contributed by atoms with Crippen LogP contribution >= 0.6 is 11.8 Å². The number of rotatable bonds is 5. The van der Waals surface area contributed by atoms with Crippen LogP contribution in [0, 0.1) is 17.0 Å². The van der Waals surface area contributed by atoms with Crippen LogP contribution in [-0.4, -0.2) is 26.0 Å². The van der Waals surface area contributed by atoms with Crippen LogP contribution in [-0.2, 0) is 4.79 Å². The van der Waals surface area contributed by atoms with E-state index in [1.807, 2.05) is 28.8 Å². The number of non-ortho nitro benzene ring substituents is 1. The van der Waals surface area contributed by atoms with Crippen LogP contribution in [0.15, 0.2) is 53.9 Å². The van der Waals surface area contributed by atoms with Gasteiger partial charge in [-0.2, -0.15) is 0 Å². The summed E-state index contributed by atoms with van der Waals surface area (Å²) in [6.45, 7) is 1.79. The molecule has 2 heterocycles. The van der Waals surface area contributed by atoms with Gasteiger partial charge < -0.3 is 5.32 Å². The predicted octanol–water partition coefficient (Wildman–Crippen LogP) is 3.28. The topological polar surface area (TPSA) is 89.5 Å². The number of nitro benzene ring substituents is 1. The maximum absolute atomic E-state index is 12.1. The number of nitrogens with zero attached hydrogens (tertiary/aromatic N) is 3. The lowest BCUT2D eigenvalue weighted by molar-refractivity contribution is -0.384. The van der Waals surface area contributed by atoms with E-state index >= 15 is 0 Å². The molecule has 0 fully saturated rings. The number of carbonyl (C=O) groups is 1. The summed E-state index contributed by atoms with van der Waals surface area (Å²) >= 11 is 1.31. The first-order chi connectivity index (χ1) is 11.5. The Morgan fingerprint density at radius 3 is 3.00 bits per heavy atom. The van der Waals surface area contributed by atoms with Gasteiger partial charge in [0.2, 0.25) is 5.91 Å². The molecule has 1 N–H and O–H groups in total. The summed E-state index contributed by atoms with van der Waals surface area (Å²) in [5.74, 6) is -0.0767. The molecule has 8 heteroatoms. The quantitative estimate of drug-likeness (QED) is 0.436. The molecule has 0 saturated carbocycles. The smallest absolute Gasteiger partial charge is 0.271 e. The number of hydrogen-bond donors (Lipinski definition) is 1. The van der Waals surface area contributed by atoms with Crippen molar-refractivity contribution in [2.24, 2.45) is 0 Å². The molecule has 3 aromatic rings. The summed E-state index contributed by atoms with van der Waals surface area (Å²) in [5, 5.41) is 14.3. The van der Waals surface area contributed by atoms with Gasteiger partial charge in [0, 0.05) is 18.3 Å². The Bertz CT molecular complexity index is 923. The number of imidazole rings is 1. The molecule has 0 atom stereocenters. The number of benzene rings is 1. The fraction of sp³-hybridized carbons (Fsp3) is 0.125. The average molecular weight is 342 g/mol. The molecule has 7 nitrogen and oxygen atoms in total. The first kappa shape index (κ1) is 16.0. The van der Waals surface area contributed by atoms with Gasteiger partial charge >= 0.3 is 0 Å². The fourth-order valence-corrected chi connectivity index (χ4v) is 2.97. The van der Waals surface area contributed by atoms with Gasteiger partial charge in [-0.05, 0) is 24.6 Å². The minimum atomic E-state index is -0.486. The maximum Gasteiger partial charge on any atom is 0.271 e. The number of fused-ring (bicyclic) bond motifs is 1. The molecule has 122 valence electrons. The first-order valence-corrected chi connectivity index (χ1v) is 8.13. The summed E-state index contributed by atoms with van der Waals surface area (Å²) < 4.78 is 1.90. The zero-order valence-electron chi connectivity index (χ0n) is 12.8. The average Bonchev–Trinajstić information content (AvgIpc) is 2.98. The van der Waals surface area contributed by atoms with Gasteiger partial charge in [-0.1, -0.05) is 23.9 Å². The van der Waals surface area contributed by atoms with Crippen LogP contribution in [0.3, 0.4) is 0 Å². The normalized spacial score (nSPS) is 10.7. The number of anilines is 1. The Kier molecular flexibility index (Phi) is 4.48. The first-order valence-electron chi connectivity index (χ1n) is 7.14. The number of thioether (sulfide) groups is 1. The molecule has 0 aliphatic heterocycles. The Hall–Kier alpha value is -2.87. The van der Waals surface area contributed by atoms with Crippen LogP contribution in [0.2, 0.25) is 0 Å². The number of pyridine rings is 1. The van der Waals surface area contributed by atoms with E-state index in [1.165, 1.54) is 23.9 Å². The molecule has 1 amide bonds. The van der Waals surface area contributed by atoms with Gasteiger partial charge in [0.05, 0.1) is 28.1 Å². The van der Waals surface area contributed by atoms with Gasteiger partial charge in [0.25, 0.3) is 5.69 Å². The van der Waals surface area contributed by atoms with Crippen LogP contribution in [0.4, 0.5) is 11.4 Å². The zero-order chi connectivity index (χ0) is 17.1. The van der Waals surface area contributed by atoms with Crippen molar-refractivity contribution >= 4 is 34.6 Å². The number of nitro groups is 1. The molecule has 0 radical (unpaired) electrons. The van der Waals surface area contributed by atoms with Crippen molar-refractivity contribution in [3.63, 3.8) is 0 Å². The van der Waals surface area contributed by atoms with E-state index in [2.05, 4.69) is 10.3 Å². The highest BCUT2D eigenvalue weighted by Crippen LogP contribution is 2.23. The third-order valence-electron chi connectivity index (χ3n) is 3.44. The van der Waals surface area contributed by atoms with Crippen molar-refractivity contribution < 1.29 is 9.72 Å². The molecule has 0 saturated heterocycles. The molecule has 0 aliphatic rings. The fourth-order valence-electron chi connectivity index (χ4n) is 2.20. The Labute approximate surface area is 141 Å². The van der Waals surface area contributed by atoms with Crippen LogP contribution in [0.5, 0.6) is 0 Å². The number of carbonyl (C=O) groups excluding carboxylic acids is 1. The summed E-state index contributed by atoms with van der Waals surface area (Å²) in [6.07, 6.45) is 3.62. The van der Waals surface area contributed by atoms with Gasteiger partial charge in [0.1, 0.15) is 0 Å². The number of amides is 1. The monoisotopic (exact) mass is 342 g/mol. The predicted molar refractivity (Wildman–Crippen MR) is 92.4 cm³/mol. The van der Waals surface area contributed by atoms with Crippen molar-refractivity contribution in [1.82, 2.24) is 9.38 Å². The van der Waals surface area contributed by atoms with E-state index in [0.29, 0.717) is 5.69 Å². The van der Waals surface area contributed by atoms with Crippen molar-refractivity contribution in [2.75, 3.05) is 11.1 Å². The molecule has 0 spiro atoms. The SMILES string of the molecule is Cc1ccc([N+](=O)[O-])cc1NC(=O)CSc1ncc2ccccn12. The van der Waals surface area contributed by atoms with Crippen LogP contribution < -0.4 is 5.32 Å². The highest BCUT2D eigenvalue weighted by molar-refractivity contribution is 7.99. The largest absolute Gasteiger partial charge is 0.325 e. The summed E-state index contributed by atoms with van der Waals surface area (Å²) in [7, 11) is 0. The number of nitrogens with one attached hydrogen (secondary N) is 1. The van der Waals surface area contributed by atoms with E-state index in [4.69, 9.17) is 0 Å². The Balaban J connectivity index is 1.68. The maximum atomic E-state index is 12.1. The Morgan fingerprint density at radius 1 is 1.38 bits per heavy atom.